The van der Waals surface area contributed by atoms with Crippen molar-refractivity contribution in [2.45, 2.75) is 30.9 Å². The van der Waals surface area contributed by atoms with E-state index >= 15 is 0 Å². The van der Waals surface area contributed by atoms with Crippen LogP contribution in [-0.4, -0.2) is 58.3 Å². The predicted octanol–water partition coefficient (Wildman–Crippen LogP) is 2.82. The van der Waals surface area contributed by atoms with Gasteiger partial charge in [0.2, 0.25) is 5.91 Å². The normalized spacial score (nSPS) is 28.7. The number of aliphatic imine (C=N–C) groups is 1. The van der Waals surface area contributed by atoms with E-state index in [2.05, 4.69) is 52.9 Å². The van der Waals surface area contributed by atoms with E-state index in [0.717, 1.165) is 39.1 Å². The standard InChI is InChI=1S/C19H25N3OS/c1-19(2)13-20-18(24-19)22-10-8-21(9-11-22)17(23)16-12-15(16)14-6-4-3-5-7-14/h3-7,15-16H,8-13H2,1-2H3/t15-,16+/m1/s1. The highest BCUT2D eigenvalue weighted by Crippen LogP contribution is 2.48. The van der Waals surface area contributed by atoms with Gasteiger partial charge in [-0.15, -0.1) is 0 Å². The molecule has 24 heavy (non-hydrogen) atoms. The zero-order valence-electron chi connectivity index (χ0n) is 14.4. The van der Waals surface area contributed by atoms with E-state index in [-0.39, 0.29) is 10.7 Å². The summed E-state index contributed by atoms with van der Waals surface area (Å²) in [5, 5.41) is 1.17. The van der Waals surface area contributed by atoms with Crippen molar-refractivity contribution in [1.29, 1.82) is 0 Å². The number of amidine groups is 1. The first kappa shape index (κ1) is 16.0. The van der Waals surface area contributed by atoms with E-state index in [9.17, 15) is 4.79 Å². The van der Waals surface area contributed by atoms with Gasteiger partial charge in [-0.3, -0.25) is 9.79 Å². The molecular weight excluding hydrogens is 318 g/mol. The van der Waals surface area contributed by atoms with Crippen LogP contribution < -0.4 is 0 Å². The van der Waals surface area contributed by atoms with E-state index in [1.54, 1.807) is 0 Å². The van der Waals surface area contributed by atoms with Crippen LogP contribution >= 0.6 is 11.8 Å². The molecule has 0 aromatic heterocycles. The van der Waals surface area contributed by atoms with Crippen LogP contribution in [0.25, 0.3) is 0 Å². The van der Waals surface area contributed by atoms with Crippen molar-refractivity contribution in [1.82, 2.24) is 9.80 Å². The minimum Gasteiger partial charge on any atom is -0.348 e. The first-order valence-corrected chi connectivity index (χ1v) is 9.67. The van der Waals surface area contributed by atoms with Crippen LogP contribution in [0.1, 0.15) is 31.7 Å². The van der Waals surface area contributed by atoms with Gasteiger partial charge < -0.3 is 9.80 Å². The van der Waals surface area contributed by atoms with Gasteiger partial charge in [0.05, 0.1) is 6.54 Å². The average Bonchev–Trinajstić information content (AvgIpc) is 3.32. The third-order valence-electron chi connectivity index (χ3n) is 5.16. The molecule has 0 radical (unpaired) electrons. The molecule has 2 aliphatic heterocycles. The van der Waals surface area contributed by atoms with Crippen LogP contribution in [0, 0.1) is 5.92 Å². The van der Waals surface area contributed by atoms with E-state index in [1.807, 2.05) is 17.8 Å². The highest BCUT2D eigenvalue weighted by Gasteiger charge is 2.46. The minimum absolute atomic E-state index is 0.205. The summed E-state index contributed by atoms with van der Waals surface area (Å²) in [7, 11) is 0. The molecular formula is C19H25N3OS. The molecule has 0 spiro atoms. The molecule has 4 nitrogen and oxygen atoms in total. The van der Waals surface area contributed by atoms with Crippen molar-refractivity contribution >= 4 is 22.8 Å². The number of benzene rings is 1. The lowest BCUT2D eigenvalue weighted by atomic mass is 10.1. The fourth-order valence-corrected chi connectivity index (χ4v) is 4.69. The Bertz CT molecular complexity index is 650. The Labute approximate surface area is 148 Å². The monoisotopic (exact) mass is 343 g/mol. The van der Waals surface area contributed by atoms with Crippen LogP contribution in [0.5, 0.6) is 0 Å². The summed E-state index contributed by atoms with van der Waals surface area (Å²) in [6.07, 6.45) is 1.01. The molecule has 1 aromatic carbocycles. The van der Waals surface area contributed by atoms with Gasteiger partial charge in [0.25, 0.3) is 0 Å². The summed E-state index contributed by atoms with van der Waals surface area (Å²) in [6, 6.07) is 10.5. The number of amides is 1. The fourth-order valence-electron chi connectivity index (χ4n) is 3.62. The highest BCUT2D eigenvalue weighted by molar-refractivity contribution is 8.15. The lowest BCUT2D eigenvalue weighted by Crippen LogP contribution is -2.50. The molecule has 0 N–H and O–H groups in total. The molecule has 0 bridgehead atoms. The van der Waals surface area contributed by atoms with Gasteiger partial charge in [0, 0.05) is 36.8 Å². The lowest BCUT2D eigenvalue weighted by Gasteiger charge is -2.36. The van der Waals surface area contributed by atoms with Gasteiger partial charge in [-0.25, -0.2) is 0 Å². The Balaban J connectivity index is 1.30. The van der Waals surface area contributed by atoms with E-state index < -0.39 is 0 Å². The Morgan fingerprint density at radius 1 is 1.17 bits per heavy atom. The third kappa shape index (κ3) is 3.18. The van der Waals surface area contributed by atoms with Gasteiger partial charge in [-0.05, 0) is 31.7 Å². The number of carbonyl (C=O) groups is 1. The van der Waals surface area contributed by atoms with Crippen molar-refractivity contribution < 1.29 is 4.79 Å². The number of piperazine rings is 1. The number of hydrogen-bond acceptors (Lipinski definition) is 4. The zero-order valence-corrected chi connectivity index (χ0v) is 15.3. The van der Waals surface area contributed by atoms with Crippen molar-refractivity contribution in [3.8, 4) is 0 Å². The molecule has 2 fully saturated rings. The minimum atomic E-state index is 0.205. The Morgan fingerprint density at radius 3 is 2.50 bits per heavy atom. The second-order valence-electron chi connectivity index (χ2n) is 7.63. The SMILES string of the molecule is CC1(C)CN=C(N2CCN(C(=O)[C@H]3C[C@@H]3c3ccccc3)CC2)S1. The van der Waals surface area contributed by atoms with Crippen molar-refractivity contribution in [3.05, 3.63) is 35.9 Å². The quantitative estimate of drug-likeness (QED) is 0.828. The number of rotatable bonds is 2. The van der Waals surface area contributed by atoms with Crippen molar-refractivity contribution in [2.75, 3.05) is 32.7 Å². The lowest BCUT2D eigenvalue weighted by molar-refractivity contribution is -0.133. The molecule has 3 aliphatic rings. The molecule has 2 heterocycles. The molecule has 0 unspecified atom stereocenters. The smallest absolute Gasteiger partial charge is 0.226 e. The maximum absolute atomic E-state index is 12.7. The van der Waals surface area contributed by atoms with Crippen LogP contribution in [0.4, 0.5) is 0 Å². The molecule has 5 heteroatoms. The topological polar surface area (TPSA) is 35.9 Å². The van der Waals surface area contributed by atoms with Crippen LogP contribution in [0.2, 0.25) is 0 Å². The molecule has 2 atom stereocenters. The number of thioether (sulfide) groups is 1. The largest absolute Gasteiger partial charge is 0.348 e. The molecule has 128 valence electrons. The van der Waals surface area contributed by atoms with Gasteiger partial charge >= 0.3 is 0 Å². The summed E-state index contributed by atoms with van der Waals surface area (Å²) in [5.41, 5.74) is 1.31. The first-order valence-electron chi connectivity index (χ1n) is 8.86. The van der Waals surface area contributed by atoms with Crippen LogP contribution in [0.3, 0.4) is 0 Å². The van der Waals surface area contributed by atoms with Crippen LogP contribution in [0.15, 0.2) is 35.3 Å². The average molecular weight is 343 g/mol. The zero-order chi connectivity index (χ0) is 16.7. The number of hydrogen-bond donors (Lipinski definition) is 0. The number of carbonyl (C=O) groups excluding carboxylic acids is 1. The summed E-state index contributed by atoms with van der Waals surface area (Å²) < 4.78 is 0.221. The summed E-state index contributed by atoms with van der Waals surface area (Å²) in [6.45, 7) is 8.86. The van der Waals surface area contributed by atoms with Gasteiger partial charge in [0.1, 0.15) is 0 Å². The molecule has 1 saturated carbocycles. The van der Waals surface area contributed by atoms with Crippen molar-refractivity contribution in [3.63, 3.8) is 0 Å². The van der Waals surface area contributed by atoms with Gasteiger partial charge in [0.15, 0.2) is 5.17 Å². The van der Waals surface area contributed by atoms with Gasteiger partial charge in [-0.2, -0.15) is 0 Å². The maximum atomic E-state index is 12.7. The van der Waals surface area contributed by atoms with Crippen LogP contribution in [-0.2, 0) is 4.79 Å². The molecule has 1 aliphatic carbocycles. The Morgan fingerprint density at radius 2 is 1.88 bits per heavy atom. The second kappa shape index (κ2) is 6.10. The van der Waals surface area contributed by atoms with Gasteiger partial charge in [-0.1, -0.05) is 42.1 Å². The summed E-state index contributed by atoms with van der Waals surface area (Å²) in [5.74, 6) is 0.994. The summed E-state index contributed by atoms with van der Waals surface area (Å²) in [4.78, 5) is 21.8. The Kier molecular flexibility index (Phi) is 4.07. The second-order valence-corrected chi connectivity index (χ2v) is 9.31. The predicted molar refractivity (Wildman–Crippen MR) is 99.4 cm³/mol. The molecule has 1 saturated heterocycles. The molecule has 1 aromatic rings. The number of nitrogens with zero attached hydrogens (tertiary/aromatic N) is 3. The molecule has 1 amide bonds. The summed E-state index contributed by atoms with van der Waals surface area (Å²) >= 11 is 1.87. The maximum Gasteiger partial charge on any atom is 0.226 e. The Hall–Kier alpha value is -1.49. The van der Waals surface area contributed by atoms with E-state index in [1.165, 1.54) is 10.7 Å². The van der Waals surface area contributed by atoms with E-state index in [0.29, 0.717) is 11.8 Å². The highest BCUT2D eigenvalue weighted by atomic mass is 32.2. The first-order chi connectivity index (χ1) is 11.5. The van der Waals surface area contributed by atoms with E-state index in [4.69, 9.17) is 0 Å². The third-order valence-corrected chi connectivity index (χ3v) is 6.41. The molecule has 4 rings (SSSR count). The van der Waals surface area contributed by atoms with Crippen molar-refractivity contribution in [2.24, 2.45) is 10.9 Å². The fraction of sp³-hybridized carbons (Fsp3) is 0.579.